The number of ether oxygens (including phenoxy) is 1. The van der Waals surface area contributed by atoms with Crippen LogP contribution >= 0.6 is 27.5 Å². The summed E-state index contributed by atoms with van der Waals surface area (Å²) in [6.07, 6.45) is 0. The van der Waals surface area contributed by atoms with Crippen LogP contribution in [0.25, 0.3) is 0 Å². The van der Waals surface area contributed by atoms with Crippen LogP contribution in [0, 0.1) is 11.3 Å². The minimum absolute atomic E-state index is 0.552. The first-order chi connectivity index (χ1) is 9.63. The predicted molar refractivity (Wildman–Crippen MR) is 84.2 cm³/mol. The summed E-state index contributed by atoms with van der Waals surface area (Å²) in [5.41, 5.74) is 2.43. The minimum Gasteiger partial charge on any atom is -0.496 e. The second kappa shape index (κ2) is 6.65. The van der Waals surface area contributed by atoms with Crippen LogP contribution in [0.15, 0.2) is 40.9 Å². The highest BCUT2D eigenvalue weighted by Gasteiger charge is 2.05. The van der Waals surface area contributed by atoms with Gasteiger partial charge in [-0.25, -0.2) is 0 Å². The van der Waals surface area contributed by atoms with Gasteiger partial charge in [-0.3, -0.25) is 0 Å². The lowest BCUT2D eigenvalue weighted by Crippen LogP contribution is -2.02. The molecule has 1 N–H and O–H groups in total. The maximum absolute atomic E-state index is 8.94. The van der Waals surface area contributed by atoms with Gasteiger partial charge in [-0.05, 0) is 52.3 Å². The molecule has 0 aliphatic heterocycles. The molecule has 0 fully saturated rings. The molecule has 0 unspecified atom stereocenters. The molecule has 2 aromatic carbocycles. The van der Waals surface area contributed by atoms with E-state index in [0.717, 1.165) is 21.5 Å². The lowest BCUT2D eigenvalue weighted by atomic mass is 10.1. The third kappa shape index (κ3) is 3.44. The number of hydrogen-bond acceptors (Lipinski definition) is 3. The molecule has 0 atom stereocenters. The quantitative estimate of drug-likeness (QED) is 0.876. The molecule has 102 valence electrons. The van der Waals surface area contributed by atoms with Crippen molar-refractivity contribution in [2.24, 2.45) is 0 Å². The molecule has 5 heteroatoms. The Balaban J connectivity index is 2.17. The smallest absolute Gasteiger partial charge is 0.123 e. The summed E-state index contributed by atoms with van der Waals surface area (Å²) >= 11 is 9.40. The Kier molecular flexibility index (Phi) is 4.89. The highest BCUT2D eigenvalue weighted by atomic mass is 79.9. The number of nitrogens with zero attached hydrogens (tertiary/aromatic N) is 1. The van der Waals surface area contributed by atoms with Crippen LogP contribution in [0.1, 0.15) is 11.1 Å². The second-order valence-corrected chi connectivity index (χ2v) is 5.38. The first-order valence-electron chi connectivity index (χ1n) is 5.90. The Labute approximate surface area is 131 Å². The Hall–Kier alpha value is -1.70. The molecule has 0 amide bonds. The third-order valence-electron chi connectivity index (χ3n) is 2.81. The van der Waals surface area contributed by atoms with Crippen molar-refractivity contribution in [3.63, 3.8) is 0 Å². The number of halogens is 2. The Bertz CT molecular complexity index is 667. The van der Waals surface area contributed by atoms with Crippen molar-refractivity contribution in [1.82, 2.24) is 0 Å². The normalized spacial score (nSPS) is 9.90. The monoisotopic (exact) mass is 350 g/mol. The largest absolute Gasteiger partial charge is 0.496 e. The fourth-order valence-electron chi connectivity index (χ4n) is 1.79. The highest BCUT2D eigenvalue weighted by molar-refractivity contribution is 9.10. The topological polar surface area (TPSA) is 45.0 Å². The summed E-state index contributed by atoms with van der Waals surface area (Å²) in [6, 6.07) is 13.1. The van der Waals surface area contributed by atoms with E-state index >= 15 is 0 Å². The van der Waals surface area contributed by atoms with Crippen LogP contribution in [0.2, 0.25) is 5.02 Å². The van der Waals surface area contributed by atoms with Gasteiger partial charge in [0.15, 0.2) is 0 Å². The molecule has 0 aliphatic carbocycles. The van der Waals surface area contributed by atoms with Crippen LogP contribution in [0.4, 0.5) is 5.69 Å². The Morgan fingerprint density at radius 2 is 2.10 bits per heavy atom. The predicted octanol–water partition coefficient (Wildman–Crippen LogP) is 4.59. The van der Waals surface area contributed by atoms with Crippen LogP contribution < -0.4 is 10.1 Å². The lowest BCUT2D eigenvalue weighted by Gasteiger charge is -2.11. The number of nitriles is 1. The van der Waals surface area contributed by atoms with Gasteiger partial charge in [-0.1, -0.05) is 11.6 Å². The summed E-state index contributed by atoms with van der Waals surface area (Å²) in [4.78, 5) is 0. The fraction of sp³-hybridized carbons (Fsp3) is 0.133. The first kappa shape index (κ1) is 14.7. The highest BCUT2D eigenvalue weighted by Crippen LogP contribution is 2.26. The van der Waals surface area contributed by atoms with E-state index < -0.39 is 0 Å². The number of methoxy groups -OCH3 is 1. The SMILES string of the molecule is COc1ccc(C#N)cc1CNc1ccc(Br)c(Cl)c1. The van der Waals surface area contributed by atoms with E-state index in [2.05, 4.69) is 27.3 Å². The van der Waals surface area contributed by atoms with Crippen molar-refractivity contribution >= 4 is 33.2 Å². The molecule has 0 spiro atoms. The fourth-order valence-corrected chi connectivity index (χ4v) is 2.22. The van der Waals surface area contributed by atoms with Crippen LogP contribution in [-0.4, -0.2) is 7.11 Å². The Morgan fingerprint density at radius 1 is 1.30 bits per heavy atom. The van der Waals surface area contributed by atoms with Crippen LogP contribution in [-0.2, 0) is 6.54 Å². The van der Waals surface area contributed by atoms with E-state index in [-0.39, 0.29) is 0 Å². The van der Waals surface area contributed by atoms with Crippen LogP contribution in [0.5, 0.6) is 5.75 Å². The maximum Gasteiger partial charge on any atom is 0.123 e. The van der Waals surface area contributed by atoms with E-state index in [1.165, 1.54) is 0 Å². The molecule has 0 aliphatic rings. The van der Waals surface area contributed by atoms with Gasteiger partial charge in [0, 0.05) is 22.3 Å². The molecule has 0 bridgehead atoms. The van der Waals surface area contributed by atoms with Crippen molar-refractivity contribution in [2.45, 2.75) is 6.54 Å². The van der Waals surface area contributed by atoms with Gasteiger partial charge in [0.1, 0.15) is 5.75 Å². The van der Waals surface area contributed by atoms with Gasteiger partial charge in [-0.2, -0.15) is 5.26 Å². The van der Waals surface area contributed by atoms with E-state index in [1.54, 1.807) is 19.2 Å². The summed E-state index contributed by atoms with van der Waals surface area (Å²) in [5, 5.41) is 12.9. The van der Waals surface area contributed by atoms with Gasteiger partial charge in [0.2, 0.25) is 0 Å². The molecule has 0 saturated heterocycles. The van der Waals surface area contributed by atoms with Crippen molar-refractivity contribution in [3.05, 3.63) is 57.0 Å². The minimum atomic E-state index is 0.552. The molecule has 0 heterocycles. The number of anilines is 1. The standard InChI is InChI=1S/C15H12BrClN2O/c1-20-15-5-2-10(8-18)6-11(15)9-19-12-3-4-13(16)14(17)7-12/h2-7,19H,9H2,1H3. The molecule has 0 radical (unpaired) electrons. The molecular formula is C15H12BrClN2O. The zero-order valence-electron chi connectivity index (χ0n) is 10.8. The summed E-state index contributed by atoms with van der Waals surface area (Å²) in [6.45, 7) is 0.552. The molecular weight excluding hydrogens is 340 g/mol. The number of benzene rings is 2. The second-order valence-electron chi connectivity index (χ2n) is 4.12. The molecule has 2 rings (SSSR count). The van der Waals surface area contributed by atoms with Crippen LogP contribution in [0.3, 0.4) is 0 Å². The van der Waals surface area contributed by atoms with Crippen molar-refractivity contribution in [3.8, 4) is 11.8 Å². The van der Waals surface area contributed by atoms with Gasteiger partial charge < -0.3 is 10.1 Å². The van der Waals surface area contributed by atoms with Gasteiger partial charge in [0.05, 0.1) is 23.8 Å². The molecule has 20 heavy (non-hydrogen) atoms. The lowest BCUT2D eigenvalue weighted by molar-refractivity contribution is 0.410. The van der Waals surface area contributed by atoms with Crippen molar-refractivity contribution in [1.29, 1.82) is 5.26 Å². The number of nitrogens with one attached hydrogen (secondary N) is 1. The van der Waals surface area contributed by atoms with E-state index in [4.69, 9.17) is 21.6 Å². The van der Waals surface area contributed by atoms with E-state index in [9.17, 15) is 0 Å². The maximum atomic E-state index is 8.94. The van der Waals surface area contributed by atoms with E-state index in [1.807, 2.05) is 24.3 Å². The van der Waals surface area contributed by atoms with E-state index in [0.29, 0.717) is 17.1 Å². The summed E-state index contributed by atoms with van der Waals surface area (Å²) in [5.74, 6) is 0.750. The molecule has 2 aromatic rings. The average molecular weight is 352 g/mol. The zero-order valence-corrected chi connectivity index (χ0v) is 13.1. The first-order valence-corrected chi connectivity index (χ1v) is 7.07. The van der Waals surface area contributed by atoms with Crippen molar-refractivity contribution in [2.75, 3.05) is 12.4 Å². The van der Waals surface area contributed by atoms with Gasteiger partial charge >= 0.3 is 0 Å². The average Bonchev–Trinajstić information content (AvgIpc) is 2.48. The molecule has 0 aromatic heterocycles. The Morgan fingerprint density at radius 3 is 2.75 bits per heavy atom. The third-order valence-corrected chi connectivity index (χ3v) is 4.04. The summed E-state index contributed by atoms with van der Waals surface area (Å²) in [7, 11) is 1.61. The van der Waals surface area contributed by atoms with Crippen molar-refractivity contribution < 1.29 is 4.74 Å². The summed E-state index contributed by atoms with van der Waals surface area (Å²) < 4.78 is 6.15. The van der Waals surface area contributed by atoms with Gasteiger partial charge in [-0.15, -0.1) is 0 Å². The molecule has 3 nitrogen and oxygen atoms in total. The zero-order chi connectivity index (χ0) is 14.5. The number of hydrogen-bond donors (Lipinski definition) is 1. The molecule has 0 saturated carbocycles. The number of rotatable bonds is 4. The van der Waals surface area contributed by atoms with Gasteiger partial charge in [0.25, 0.3) is 0 Å².